The van der Waals surface area contributed by atoms with Gasteiger partial charge in [0.2, 0.25) is 0 Å². The first-order valence-corrected chi connectivity index (χ1v) is 11.9. The summed E-state index contributed by atoms with van der Waals surface area (Å²) in [5.74, 6) is -0.385. The Bertz CT molecular complexity index is 1800. The van der Waals surface area contributed by atoms with Crippen molar-refractivity contribution in [3.63, 3.8) is 0 Å². The number of hydrogen-bond donors (Lipinski definition) is 1. The highest BCUT2D eigenvalue weighted by atomic mass is 35.5. The van der Waals surface area contributed by atoms with Crippen molar-refractivity contribution in [3.8, 4) is 28.5 Å². The summed E-state index contributed by atoms with van der Waals surface area (Å²) in [7, 11) is 1.41. The fraction of sp³-hybridized carbons (Fsp3) is 0.0769. The van der Waals surface area contributed by atoms with Crippen LogP contribution >= 0.6 is 11.6 Å². The SMILES string of the molecule is COc1cccc(-c2cc(C(F)(F)F)n3nc(C(=O)Nc4cc(Oc5cccnc5)cc([N+](=O)[O-])c4)c(Cl)c3n2)c1. The molecule has 41 heavy (non-hydrogen) atoms. The van der Waals surface area contributed by atoms with E-state index in [1.807, 2.05) is 0 Å². The number of nitrogens with zero attached hydrogens (tertiary/aromatic N) is 5. The van der Waals surface area contributed by atoms with Gasteiger partial charge in [0.05, 0.1) is 35.7 Å². The highest BCUT2D eigenvalue weighted by Crippen LogP contribution is 2.36. The van der Waals surface area contributed by atoms with E-state index in [0.29, 0.717) is 15.8 Å². The molecule has 5 aromatic rings. The molecule has 1 amide bonds. The van der Waals surface area contributed by atoms with Gasteiger partial charge in [-0.2, -0.15) is 18.3 Å². The van der Waals surface area contributed by atoms with Crippen LogP contribution in [0.15, 0.2) is 73.1 Å². The number of benzene rings is 2. The van der Waals surface area contributed by atoms with Gasteiger partial charge in [0.1, 0.15) is 22.3 Å². The third kappa shape index (κ3) is 5.72. The molecule has 0 aliphatic heterocycles. The molecule has 0 radical (unpaired) electrons. The van der Waals surface area contributed by atoms with Crippen molar-refractivity contribution in [1.82, 2.24) is 19.6 Å². The molecule has 0 unspecified atom stereocenters. The average molecular weight is 585 g/mol. The lowest BCUT2D eigenvalue weighted by atomic mass is 10.1. The summed E-state index contributed by atoms with van der Waals surface area (Å²) >= 11 is 6.34. The molecule has 11 nitrogen and oxygen atoms in total. The number of methoxy groups -OCH3 is 1. The Morgan fingerprint density at radius 3 is 2.54 bits per heavy atom. The van der Waals surface area contributed by atoms with Gasteiger partial charge in [-0.25, -0.2) is 9.50 Å². The van der Waals surface area contributed by atoms with Crippen LogP contribution in [-0.4, -0.2) is 37.5 Å². The topological polar surface area (TPSA) is 134 Å². The Balaban J connectivity index is 1.55. The second kappa shape index (κ2) is 10.7. The number of anilines is 1. The molecule has 1 N–H and O–H groups in total. The molecule has 0 atom stereocenters. The first kappa shape index (κ1) is 27.3. The summed E-state index contributed by atoms with van der Waals surface area (Å²) in [6.45, 7) is 0. The number of non-ortho nitro benzene ring substituents is 1. The molecule has 0 fully saturated rings. The van der Waals surface area contributed by atoms with Crippen molar-refractivity contribution in [2.75, 3.05) is 12.4 Å². The minimum atomic E-state index is -4.89. The summed E-state index contributed by atoms with van der Waals surface area (Å²) in [5, 5.41) is 17.2. The predicted molar refractivity (Wildman–Crippen MR) is 140 cm³/mol. The Labute approximate surface area is 233 Å². The fourth-order valence-corrected chi connectivity index (χ4v) is 4.07. The van der Waals surface area contributed by atoms with Crippen molar-refractivity contribution >= 4 is 34.5 Å². The Kier molecular flexibility index (Phi) is 7.15. The van der Waals surface area contributed by atoms with E-state index < -0.39 is 44.8 Å². The van der Waals surface area contributed by atoms with Crippen molar-refractivity contribution in [2.24, 2.45) is 0 Å². The lowest BCUT2D eigenvalue weighted by Crippen LogP contribution is -2.16. The maximum absolute atomic E-state index is 14.1. The zero-order valence-corrected chi connectivity index (χ0v) is 21.5. The molecule has 0 saturated carbocycles. The third-order valence-corrected chi connectivity index (χ3v) is 5.98. The van der Waals surface area contributed by atoms with Crippen LogP contribution in [0.2, 0.25) is 5.02 Å². The Morgan fingerprint density at radius 1 is 1.07 bits per heavy atom. The number of amides is 1. The van der Waals surface area contributed by atoms with Gasteiger partial charge in [-0.05, 0) is 30.3 Å². The molecule has 3 aromatic heterocycles. The summed E-state index contributed by atoms with van der Waals surface area (Å²) < 4.78 is 53.3. The normalized spacial score (nSPS) is 11.3. The number of nitro benzene ring substituents is 1. The minimum absolute atomic E-state index is 0.00689. The van der Waals surface area contributed by atoms with Crippen molar-refractivity contribution in [3.05, 3.63) is 99.6 Å². The molecule has 2 aromatic carbocycles. The maximum atomic E-state index is 14.1. The van der Waals surface area contributed by atoms with E-state index in [0.717, 1.165) is 18.2 Å². The number of carbonyl (C=O) groups is 1. The first-order chi connectivity index (χ1) is 19.5. The fourth-order valence-electron chi connectivity index (χ4n) is 3.82. The van der Waals surface area contributed by atoms with Crippen LogP contribution in [0.25, 0.3) is 16.9 Å². The van der Waals surface area contributed by atoms with Crippen LogP contribution in [0.1, 0.15) is 16.2 Å². The molecule has 208 valence electrons. The van der Waals surface area contributed by atoms with Gasteiger partial charge in [0.25, 0.3) is 11.6 Å². The highest BCUT2D eigenvalue weighted by molar-refractivity contribution is 6.37. The van der Waals surface area contributed by atoms with Gasteiger partial charge in [-0.3, -0.25) is 19.9 Å². The van der Waals surface area contributed by atoms with E-state index in [4.69, 9.17) is 21.1 Å². The molecule has 0 saturated heterocycles. The molecule has 0 spiro atoms. The quantitative estimate of drug-likeness (QED) is 0.171. The van der Waals surface area contributed by atoms with E-state index in [9.17, 15) is 28.1 Å². The van der Waals surface area contributed by atoms with Crippen molar-refractivity contribution in [1.29, 1.82) is 0 Å². The lowest BCUT2D eigenvalue weighted by Gasteiger charge is -2.11. The van der Waals surface area contributed by atoms with Gasteiger partial charge in [0, 0.05) is 23.9 Å². The van der Waals surface area contributed by atoms with Gasteiger partial charge in [-0.1, -0.05) is 23.7 Å². The molecule has 15 heteroatoms. The smallest absolute Gasteiger partial charge is 0.433 e. The number of rotatable bonds is 7. The predicted octanol–water partition coefficient (Wildman–Crippen LogP) is 6.42. The van der Waals surface area contributed by atoms with E-state index in [2.05, 4.69) is 20.4 Å². The molecule has 3 heterocycles. The first-order valence-electron chi connectivity index (χ1n) is 11.5. The number of halogens is 4. The standard InChI is InChI=1S/C26H16ClF3N6O5/c1-40-17-5-2-4-14(8-17)20-12-21(26(28,29)30)35-24(33-20)22(27)23(34-35)25(37)32-15-9-16(36(38)39)11-19(10-15)41-18-6-3-7-31-13-18/h2-13H,1H3,(H,32,37). The summed E-state index contributed by atoms with van der Waals surface area (Å²) in [6, 6.07) is 13.6. The number of nitrogens with one attached hydrogen (secondary N) is 1. The molecular formula is C26H16ClF3N6O5. The zero-order chi connectivity index (χ0) is 29.3. The van der Waals surface area contributed by atoms with Gasteiger partial charge in [0.15, 0.2) is 17.0 Å². The molecule has 0 bridgehead atoms. The number of hydrogen-bond acceptors (Lipinski definition) is 8. The summed E-state index contributed by atoms with van der Waals surface area (Å²) in [6.07, 6.45) is -2.02. The van der Waals surface area contributed by atoms with E-state index in [1.54, 1.807) is 24.3 Å². The number of pyridine rings is 1. The minimum Gasteiger partial charge on any atom is -0.497 e. The lowest BCUT2D eigenvalue weighted by molar-refractivity contribution is -0.384. The molecule has 0 aliphatic carbocycles. The van der Waals surface area contributed by atoms with Gasteiger partial charge < -0.3 is 14.8 Å². The zero-order valence-electron chi connectivity index (χ0n) is 20.7. The molecule has 5 rings (SSSR count). The average Bonchev–Trinajstić information content (AvgIpc) is 3.28. The number of alkyl halides is 3. The van der Waals surface area contributed by atoms with Gasteiger partial charge in [-0.15, -0.1) is 0 Å². The van der Waals surface area contributed by atoms with E-state index in [-0.39, 0.29) is 22.9 Å². The molecule has 0 aliphatic rings. The number of nitro groups is 1. The Morgan fingerprint density at radius 2 is 1.85 bits per heavy atom. The number of ether oxygens (including phenoxy) is 2. The summed E-state index contributed by atoms with van der Waals surface area (Å²) in [4.78, 5) is 32.0. The molecular weight excluding hydrogens is 569 g/mol. The van der Waals surface area contributed by atoms with Crippen LogP contribution in [0.4, 0.5) is 24.5 Å². The van der Waals surface area contributed by atoms with Crippen molar-refractivity contribution in [2.45, 2.75) is 6.18 Å². The maximum Gasteiger partial charge on any atom is 0.433 e. The van der Waals surface area contributed by atoms with E-state index in [1.165, 1.54) is 37.7 Å². The van der Waals surface area contributed by atoms with Crippen LogP contribution in [0.3, 0.4) is 0 Å². The van der Waals surface area contributed by atoms with Crippen molar-refractivity contribution < 1.29 is 32.4 Å². The van der Waals surface area contributed by atoms with Crippen LogP contribution in [0, 0.1) is 10.1 Å². The van der Waals surface area contributed by atoms with Crippen LogP contribution < -0.4 is 14.8 Å². The monoisotopic (exact) mass is 584 g/mol. The van der Waals surface area contributed by atoms with E-state index >= 15 is 0 Å². The second-order valence-corrected chi connectivity index (χ2v) is 8.75. The van der Waals surface area contributed by atoms with Crippen LogP contribution in [-0.2, 0) is 6.18 Å². The number of carbonyl (C=O) groups excluding carboxylic acids is 1. The Hall–Kier alpha value is -5.24. The van der Waals surface area contributed by atoms with Gasteiger partial charge >= 0.3 is 6.18 Å². The summed E-state index contributed by atoms with van der Waals surface area (Å²) in [5.41, 5.74) is -2.56. The third-order valence-electron chi connectivity index (χ3n) is 5.63. The highest BCUT2D eigenvalue weighted by Gasteiger charge is 2.37. The largest absolute Gasteiger partial charge is 0.497 e. The second-order valence-electron chi connectivity index (χ2n) is 8.37. The number of aromatic nitrogens is 4. The van der Waals surface area contributed by atoms with Crippen LogP contribution in [0.5, 0.6) is 17.2 Å². The number of fused-ring (bicyclic) bond motifs is 1.